The fourth-order valence-electron chi connectivity index (χ4n) is 2.02. The van der Waals surface area contributed by atoms with Crippen LogP contribution in [0.15, 0.2) is 12.1 Å². The molecule has 7 heteroatoms. The predicted molar refractivity (Wildman–Crippen MR) is 93.8 cm³/mol. The third-order valence-corrected chi connectivity index (χ3v) is 3.54. The largest absolute Gasteiger partial charge is 0.495 e. The van der Waals surface area contributed by atoms with E-state index >= 15 is 0 Å². The molecule has 0 unspecified atom stereocenters. The van der Waals surface area contributed by atoms with Crippen molar-refractivity contribution >= 4 is 23.2 Å². The van der Waals surface area contributed by atoms with Crippen LogP contribution in [0.2, 0.25) is 5.02 Å². The van der Waals surface area contributed by atoms with E-state index in [1.54, 1.807) is 26.4 Å². The molecule has 0 aliphatic carbocycles. The second-order valence-electron chi connectivity index (χ2n) is 5.37. The highest BCUT2D eigenvalue weighted by molar-refractivity contribution is 6.32. The molecular formula is C16H26ClN3O3. The summed E-state index contributed by atoms with van der Waals surface area (Å²) in [6.45, 7) is 2.15. The third kappa shape index (κ3) is 6.97. The van der Waals surface area contributed by atoms with E-state index in [0.29, 0.717) is 36.0 Å². The summed E-state index contributed by atoms with van der Waals surface area (Å²) in [5, 5.41) is 6.55. The summed E-state index contributed by atoms with van der Waals surface area (Å²) in [5.41, 5.74) is 0.745. The lowest BCUT2D eigenvalue weighted by Crippen LogP contribution is -2.28. The predicted octanol–water partition coefficient (Wildman–Crippen LogP) is 2.23. The Morgan fingerprint density at radius 1 is 1.17 bits per heavy atom. The topological polar surface area (TPSA) is 62.8 Å². The molecule has 0 spiro atoms. The molecule has 1 amide bonds. The molecule has 0 saturated carbocycles. The normalized spacial score (nSPS) is 10.5. The Hall–Kier alpha value is -1.66. The number of halogens is 1. The van der Waals surface area contributed by atoms with Crippen LogP contribution in [0.25, 0.3) is 0 Å². The maximum absolute atomic E-state index is 11.8. The van der Waals surface area contributed by atoms with Gasteiger partial charge in [0.2, 0.25) is 5.91 Å². The first-order valence-electron chi connectivity index (χ1n) is 7.54. The van der Waals surface area contributed by atoms with Gasteiger partial charge in [-0.3, -0.25) is 4.79 Å². The number of carbonyl (C=O) groups is 1. The fraction of sp³-hybridized carbons (Fsp3) is 0.562. The Morgan fingerprint density at radius 3 is 2.48 bits per heavy atom. The van der Waals surface area contributed by atoms with Crippen LogP contribution in [0.1, 0.15) is 12.8 Å². The SMILES string of the molecule is COc1cc(NCCC(=O)NCCCN(C)C)c(OC)cc1Cl. The molecule has 130 valence electrons. The summed E-state index contributed by atoms with van der Waals surface area (Å²) in [7, 11) is 7.15. The molecular weight excluding hydrogens is 318 g/mol. The molecule has 0 bridgehead atoms. The van der Waals surface area contributed by atoms with Crippen LogP contribution in [0.5, 0.6) is 11.5 Å². The lowest BCUT2D eigenvalue weighted by molar-refractivity contribution is -0.120. The van der Waals surface area contributed by atoms with E-state index in [2.05, 4.69) is 15.5 Å². The molecule has 0 heterocycles. The van der Waals surface area contributed by atoms with Gasteiger partial charge in [0.25, 0.3) is 0 Å². The summed E-state index contributed by atoms with van der Waals surface area (Å²) < 4.78 is 10.5. The number of amides is 1. The van der Waals surface area contributed by atoms with Crippen LogP contribution in [-0.4, -0.2) is 58.8 Å². The molecule has 2 N–H and O–H groups in total. The average molecular weight is 344 g/mol. The fourth-order valence-corrected chi connectivity index (χ4v) is 2.25. The Balaban J connectivity index is 2.41. The van der Waals surface area contributed by atoms with Crippen LogP contribution in [0.4, 0.5) is 5.69 Å². The average Bonchev–Trinajstić information content (AvgIpc) is 2.52. The van der Waals surface area contributed by atoms with Gasteiger partial charge in [0, 0.05) is 31.6 Å². The molecule has 1 rings (SSSR count). The van der Waals surface area contributed by atoms with Gasteiger partial charge in [-0.1, -0.05) is 11.6 Å². The van der Waals surface area contributed by atoms with Crippen molar-refractivity contribution in [3.63, 3.8) is 0 Å². The van der Waals surface area contributed by atoms with Gasteiger partial charge >= 0.3 is 0 Å². The van der Waals surface area contributed by atoms with E-state index in [0.717, 1.165) is 18.7 Å². The smallest absolute Gasteiger partial charge is 0.221 e. The summed E-state index contributed by atoms with van der Waals surface area (Å²) in [6.07, 6.45) is 1.32. The zero-order valence-electron chi connectivity index (χ0n) is 14.2. The van der Waals surface area contributed by atoms with Crippen LogP contribution in [0.3, 0.4) is 0 Å². The Kier molecular flexibility index (Phi) is 8.58. The Bertz CT molecular complexity index is 510. The zero-order valence-corrected chi connectivity index (χ0v) is 15.0. The standard InChI is InChI=1S/C16H26ClN3O3/c1-20(2)9-5-7-19-16(21)6-8-18-13-11-14(22-3)12(17)10-15(13)23-4/h10-11,18H,5-9H2,1-4H3,(H,19,21). The number of methoxy groups -OCH3 is 2. The number of ether oxygens (including phenoxy) is 2. The van der Waals surface area contributed by atoms with Crippen molar-refractivity contribution in [2.24, 2.45) is 0 Å². The van der Waals surface area contributed by atoms with Crippen molar-refractivity contribution in [2.75, 3.05) is 53.3 Å². The van der Waals surface area contributed by atoms with Crippen LogP contribution < -0.4 is 20.1 Å². The van der Waals surface area contributed by atoms with Crippen molar-refractivity contribution in [3.05, 3.63) is 17.2 Å². The van der Waals surface area contributed by atoms with Gasteiger partial charge in [-0.15, -0.1) is 0 Å². The second kappa shape index (κ2) is 10.2. The van der Waals surface area contributed by atoms with Crippen molar-refractivity contribution in [3.8, 4) is 11.5 Å². The molecule has 0 radical (unpaired) electrons. The van der Waals surface area contributed by atoms with Crippen LogP contribution in [0, 0.1) is 0 Å². The first kappa shape index (κ1) is 19.4. The lowest BCUT2D eigenvalue weighted by Gasteiger charge is -2.14. The van der Waals surface area contributed by atoms with Gasteiger partial charge in [-0.2, -0.15) is 0 Å². The molecule has 23 heavy (non-hydrogen) atoms. The number of anilines is 1. The maximum Gasteiger partial charge on any atom is 0.221 e. The monoisotopic (exact) mass is 343 g/mol. The lowest BCUT2D eigenvalue weighted by atomic mass is 10.2. The number of hydrogen-bond acceptors (Lipinski definition) is 5. The molecule has 0 atom stereocenters. The summed E-state index contributed by atoms with van der Waals surface area (Å²) in [4.78, 5) is 13.9. The minimum Gasteiger partial charge on any atom is -0.495 e. The second-order valence-corrected chi connectivity index (χ2v) is 5.78. The van der Waals surface area contributed by atoms with Crippen LogP contribution in [-0.2, 0) is 4.79 Å². The number of benzene rings is 1. The van der Waals surface area contributed by atoms with E-state index in [4.69, 9.17) is 21.1 Å². The number of hydrogen-bond donors (Lipinski definition) is 2. The molecule has 6 nitrogen and oxygen atoms in total. The third-order valence-electron chi connectivity index (χ3n) is 3.25. The van der Waals surface area contributed by atoms with Crippen molar-refractivity contribution in [1.29, 1.82) is 0 Å². The molecule has 0 aromatic heterocycles. The Labute approximate surface area is 143 Å². The van der Waals surface area contributed by atoms with Crippen molar-refractivity contribution in [2.45, 2.75) is 12.8 Å². The number of nitrogens with one attached hydrogen (secondary N) is 2. The highest BCUT2D eigenvalue weighted by Crippen LogP contribution is 2.35. The summed E-state index contributed by atoms with van der Waals surface area (Å²) >= 11 is 6.06. The summed E-state index contributed by atoms with van der Waals surface area (Å²) in [6, 6.07) is 3.44. The van der Waals surface area contributed by atoms with E-state index in [9.17, 15) is 4.79 Å². The van der Waals surface area contributed by atoms with Gasteiger partial charge in [0.05, 0.1) is 24.9 Å². The first-order valence-corrected chi connectivity index (χ1v) is 7.92. The Morgan fingerprint density at radius 2 is 1.87 bits per heavy atom. The minimum atomic E-state index is 0.0242. The number of nitrogens with zero attached hydrogens (tertiary/aromatic N) is 1. The molecule has 0 saturated heterocycles. The number of rotatable bonds is 10. The van der Waals surface area contributed by atoms with Gasteiger partial charge in [0.1, 0.15) is 11.5 Å². The van der Waals surface area contributed by atoms with Crippen molar-refractivity contribution in [1.82, 2.24) is 10.2 Å². The minimum absolute atomic E-state index is 0.0242. The van der Waals surface area contributed by atoms with Gasteiger partial charge in [-0.05, 0) is 27.1 Å². The van der Waals surface area contributed by atoms with Crippen molar-refractivity contribution < 1.29 is 14.3 Å². The molecule has 0 fully saturated rings. The van der Waals surface area contributed by atoms with Gasteiger partial charge in [0.15, 0.2) is 0 Å². The van der Waals surface area contributed by atoms with Gasteiger partial charge in [-0.25, -0.2) is 0 Å². The van der Waals surface area contributed by atoms with E-state index in [1.807, 2.05) is 14.1 Å². The van der Waals surface area contributed by atoms with Gasteiger partial charge < -0.3 is 25.0 Å². The maximum atomic E-state index is 11.8. The molecule has 1 aromatic carbocycles. The zero-order chi connectivity index (χ0) is 17.2. The molecule has 1 aromatic rings. The molecule has 0 aliphatic rings. The quantitative estimate of drug-likeness (QED) is 0.638. The van der Waals surface area contributed by atoms with E-state index in [-0.39, 0.29) is 5.91 Å². The number of carbonyl (C=O) groups excluding carboxylic acids is 1. The summed E-state index contributed by atoms with van der Waals surface area (Å²) in [5.74, 6) is 1.20. The van der Waals surface area contributed by atoms with E-state index in [1.165, 1.54) is 0 Å². The molecule has 0 aliphatic heterocycles. The highest BCUT2D eigenvalue weighted by atomic mass is 35.5. The highest BCUT2D eigenvalue weighted by Gasteiger charge is 2.10. The van der Waals surface area contributed by atoms with Crippen LogP contribution >= 0.6 is 11.6 Å². The first-order chi connectivity index (χ1) is 11.0. The van der Waals surface area contributed by atoms with E-state index < -0.39 is 0 Å².